The molecule has 0 heterocycles. The second-order valence-electron chi connectivity index (χ2n) is 20.2. The average Bonchev–Trinajstić information content (AvgIpc) is 3.41. The SMILES string of the molecule is CC(CC(=O)NCCC(=O)NCCNC(=O)COCCOCCNC(=O)COCCOCCNC(=O)CC[C@H](NC(=O)C1CCC(CNC(=O)CCCCCCCCCCCCCCCCCCCO)CC1)C(=O)O)C(=O)O. The molecule has 1 rings (SSSR count). The van der Waals surface area contributed by atoms with E-state index in [4.69, 9.17) is 29.2 Å². The van der Waals surface area contributed by atoms with Crippen LogP contribution in [0.4, 0.5) is 0 Å². The van der Waals surface area contributed by atoms with Crippen molar-refractivity contribution in [2.75, 3.05) is 98.7 Å². The third kappa shape index (κ3) is 43.0. The van der Waals surface area contributed by atoms with E-state index in [-0.39, 0.29) is 159 Å². The van der Waals surface area contributed by atoms with Crippen LogP contribution in [0, 0.1) is 17.8 Å². The van der Waals surface area contributed by atoms with Crippen molar-refractivity contribution < 1.29 is 77.4 Å². The Morgan fingerprint density at radius 3 is 1.36 bits per heavy atom. The summed E-state index contributed by atoms with van der Waals surface area (Å²) in [6.45, 7) is 3.69. The summed E-state index contributed by atoms with van der Waals surface area (Å²) in [5, 5.41) is 46.0. The second kappa shape index (κ2) is 49.1. The molecule has 78 heavy (non-hydrogen) atoms. The van der Waals surface area contributed by atoms with Crippen LogP contribution in [0.15, 0.2) is 0 Å². The van der Waals surface area contributed by atoms with Gasteiger partial charge in [-0.2, -0.15) is 0 Å². The monoisotopic (exact) mass is 1110 g/mol. The zero-order chi connectivity index (χ0) is 57.3. The third-order valence-corrected chi connectivity index (χ3v) is 13.3. The lowest BCUT2D eigenvalue weighted by Gasteiger charge is -2.28. The molecule has 1 fully saturated rings. The fraction of sp³-hybridized carbons (Fsp3) is 0.836. The van der Waals surface area contributed by atoms with E-state index in [1.54, 1.807) is 0 Å². The lowest BCUT2D eigenvalue weighted by atomic mass is 9.81. The van der Waals surface area contributed by atoms with Crippen molar-refractivity contribution in [1.29, 1.82) is 0 Å². The first kappa shape index (κ1) is 71.0. The quantitative estimate of drug-likeness (QED) is 0.0390. The summed E-state index contributed by atoms with van der Waals surface area (Å²) in [6, 6.07) is -1.20. The van der Waals surface area contributed by atoms with E-state index in [2.05, 4.69) is 37.2 Å². The molecule has 2 atom stereocenters. The van der Waals surface area contributed by atoms with Crippen molar-refractivity contribution in [3.8, 4) is 0 Å². The van der Waals surface area contributed by atoms with Gasteiger partial charge >= 0.3 is 11.9 Å². The highest BCUT2D eigenvalue weighted by atomic mass is 16.5. The number of ether oxygens (including phenoxy) is 4. The molecule has 23 heteroatoms. The molecule has 0 aromatic carbocycles. The molecule has 0 bridgehead atoms. The highest BCUT2D eigenvalue weighted by Gasteiger charge is 2.30. The third-order valence-electron chi connectivity index (χ3n) is 13.3. The van der Waals surface area contributed by atoms with Crippen LogP contribution in [0.5, 0.6) is 0 Å². The Bertz CT molecular complexity index is 1670. The first-order chi connectivity index (χ1) is 37.7. The molecule has 1 aliphatic rings. The lowest BCUT2D eigenvalue weighted by Crippen LogP contribution is -2.45. The lowest BCUT2D eigenvalue weighted by molar-refractivity contribution is -0.143. The van der Waals surface area contributed by atoms with Gasteiger partial charge < -0.3 is 71.5 Å². The Labute approximate surface area is 463 Å². The van der Waals surface area contributed by atoms with Crippen LogP contribution in [0.25, 0.3) is 0 Å². The van der Waals surface area contributed by atoms with Gasteiger partial charge in [0.15, 0.2) is 0 Å². The van der Waals surface area contributed by atoms with Gasteiger partial charge in [0.1, 0.15) is 19.3 Å². The van der Waals surface area contributed by atoms with Crippen LogP contribution < -0.4 is 37.2 Å². The number of amides is 7. The fourth-order valence-corrected chi connectivity index (χ4v) is 8.58. The largest absolute Gasteiger partial charge is 0.481 e. The van der Waals surface area contributed by atoms with E-state index < -0.39 is 29.8 Å². The van der Waals surface area contributed by atoms with Gasteiger partial charge in [0.25, 0.3) is 0 Å². The molecule has 23 nitrogen and oxygen atoms in total. The summed E-state index contributed by atoms with van der Waals surface area (Å²) < 4.78 is 21.3. The van der Waals surface area contributed by atoms with Crippen LogP contribution in [-0.2, 0) is 62.1 Å². The van der Waals surface area contributed by atoms with Crippen LogP contribution in [0.2, 0.25) is 0 Å². The summed E-state index contributed by atoms with van der Waals surface area (Å²) in [7, 11) is 0. The predicted octanol–water partition coefficient (Wildman–Crippen LogP) is 3.42. The number of carbonyl (C=O) groups is 9. The Morgan fingerprint density at radius 1 is 0.436 bits per heavy atom. The molecule has 7 amide bonds. The molecule has 450 valence electrons. The van der Waals surface area contributed by atoms with Crippen LogP contribution in [-0.4, -0.2) is 173 Å². The maximum absolute atomic E-state index is 13.0. The number of carbonyl (C=O) groups excluding carboxylic acids is 7. The minimum absolute atomic E-state index is 0.00472. The summed E-state index contributed by atoms with van der Waals surface area (Å²) >= 11 is 0. The van der Waals surface area contributed by atoms with Crippen molar-refractivity contribution in [3.63, 3.8) is 0 Å². The molecule has 0 aliphatic heterocycles. The van der Waals surface area contributed by atoms with E-state index in [1.807, 2.05) is 0 Å². The topological polar surface area (TPSA) is 335 Å². The summed E-state index contributed by atoms with van der Waals surface area (Å²) in [5.74, 6) is -5.33. The smallest absolute Gasteiger partial charge is 0.326 e. The molecule has 10 N–H and O–H groups in total. The summed E-state index contributed by atoms with van der Waals surface area (Å²) in [6.07, 6.45) is 23.8. The normalized spacial score (nSPS) is 14.8. The highest BCUT2D eigenvalue weighted by molar-refractivity contribution is 5.86. The van der Waals surface area contributed by atoms with E-state index in [1.165, 1.54) is 84.0 Å². The van der Waals surface area contributed by atoms with E-state index >= 15 is 0 Å². The van der Waals surface area contributed by atoms with Crippen molar-refractivity contribution in [1.82, 2.24) is 37.2 Å². The highest BCUT2D eigenvalue weighted by Crippen LogP contribution is 2.29. The number of hydrogen-bond donors (Lipinski definition) is 10. The molecule has 0 aromatic heterocycles. The van der Waals surface area contributed by atoms with E-state index in [0.29, 0.717) is 32.4 Å². The van der Waals surface area contributed by atoms with Crippen molar-refractivity contribution in [2.24, 2.45) is 17.8 Å². The van der Waals surface area contributed by atoms with Gasteiger partial charge in [-0.25, -0.2) is 4.79 Å². The van der Waals surface area contributed by atoms with Crippen molar-refractivity contribution in [3.05, 3.63) is 0 Å². The predicted molar refractivity (Wildman–Crippen MR) is 292 cm³/mol. The molecular weight excluding hydrogens is 1010 g/mol. The minimum Gasteiger partial charge on any atom is -0.481 e. The number of carboxylic acids is 2. The van der Waals surface area contributed by atoms with Gasteiger partial charge in [0.05, 0.1) is 45.6 Å². The second-order valence-corrected chi connectivity index (χ2v) is 20.2. The Balaban J connectivity index is 1.97. The minimum atomic E-state index is -1.21. The number of carboxylic acid groups (broad SMARTS) is 2. The van der Waals surface area contributed by atoms with Gasteiger partial charge in [0, 0.05) is 77.5 Å². The first-order valence-corrected chi connectivity index (χ1v) is 29.0. The summed E-state index contributed by atoms with van der Waals surface area (Å²) in [4.78, 5) is 108. The average molecular weight is 1110 g/mol. The van der Waals surface area contributed by atoms with Crippen LogP contribution in [0.3, 0.4) is 0 Å². The van der Waals surface area contributed by atoms with Gasteiger partial charge in [-0.1, -0.05) is 103 Å². The number of aliphatic carboxylic acids is 2. The molecule has 1 unspecified atom stereocenters. The van der Waals surface area contributed by atoms with Gasteiger partial charge in [-0.05, 0) is 50.9 Å². The van der Waals surface area contributed by atoms with E-state index in [0.717, 1.165) is 44.9 Å². The maximum atomic E-state index is 13.0. The molecule has 0 radical (unpaired) electrons. The number of nitrogens with one attached hydrogen (secondary N) is 7. The number of aliphatic hydroxyl groups is 1. The van der Waals surface area contributed by atoms with Crippen molar-refractivity contribution in [2.45, 2.75) is 180 Å². The zero-order valence-electron chi connectivity index (χ0n) is 46.9. The molecule has 0 spiro atoms. The van der Waals surface area contributed by atoms with E-state index in [9.17, 15) is 48.3 Å². The standard InChI is InChI=1S/C55H99N7O16/c1-43(54(71)72)39-50(67)56-27-26-49(66)57-28-29-58-51(68)41-77-37-36-76-34-31-60-52(69)42-78-38-35-75-33-30-59-48(65)25-24-46(55(73)74)62-53(70)45-22-20-44(21-23-45)40-61-47(64)19-17-15-13-11-9-7-5-3-2-4-6-8-10-12-14-16-18-32-63/h43-46,63H,2-42H2,1H3,(H,56,67)(H,57,66)(H,58,68)(H,59,65)(H,60,69)(H,61,64)(H,62,70)(H,71,72)(H,73,74)/t43?,44?,45?,46-/m0/s1. The molecular formula is C55H99N7O16. The number of unbranched alkanes of at least 4 members (excludes halogenated alkanes) is 16. The Morgan fingerprint density at radius 2 is 0.859 bits per heavy atom. The van der Waals surface area contributed by atoms with Crippen LogP contribution in [0.1, 0.15) is 174 Å². The summed E-state index contributed by atoms with van der Waals surface area (Å²) in [5.41, 5.74) is 0. The molecule has 0 aromatic rings. The van der Waals surface area contributed by atoms with Gasteiger partial charge in [-0.15, -0.1) is 0 Å². The Kier molecular flexibility index (Phi) is 44.7. The van der Waals surface area contributed by atoms with Crippen LogP contribution >= 0.6 is 0 Å². The van der Waals surface area contributed by atoms with Gasteiger partial charge in [0.2, 0.25) is 41.4 Å². The number of rotatable bonds is 52. The molecule has 0 saturated heterocycles. The van der Waals surface area contributed by atoms with Gasteiger partial charge in [-0.3, -0.25) is 38.4 Å². The molecule has 1 saturated carbocycles. The number of hydrogen-bond acceptors (Lipinski definition) is 14. The zero-order valence-corrected chi connectivity index (χ0v) is 46.9. The fourth-order valence-electron chi connectivity index (χ4n) is 8.58. The number of aliphatic hydroxyl groups excluding tert-OH is 1. The molecule has 1 aliphatic carbocycles. The Hall–Kier alpha value is -4.97. The first-order valence-electron chi connectivity index (χ1n) is 29.0. The maximum Gasteiger partial charge on any atom is 0.326 e. The van der Waals surface area contributed by atoms with Crippen molar-refractivity contribution >= 4 is 53.3 Å².